The normalized spacial score (nSPS) is 12.4. The van der Waals surface area contributed by atoms with E-state index in [-0.39, 0.29) is 17.7 Å². The van der Waals surface area contributed by atoms with Crippen molar-refractivity contribution in [3.63, 3.8) is 0 Å². The highest BCUT2D eigenvalue weighted by Gasteiger charge is 2.14. The first kappa shape index (κ1) is 15.1. The molecule has 0 aromatic heterocycles. The zero-order chi connectivity index (χ0) is 14.7. The van der Waals surface area contributed by atoms with Gasteiger partial charge in [-0.05, 0) is 60.4 Å². The Kier molecular flexibility index (Phi) is 4.86. The molecule has 0 saturated heterocycles. The fourth-order valence-corrected chi connectivity index (χ4v) is 2.57. The third kappa shape index (κ3) is 3.62. The quantitative estimate of drug-likeness (QED) is 0.656. The molecular weight excluding hydrogens is 326 g/mol. The van der Waals surface area contributed by atoms with Crippen LogP contribution in [-0.4, -0.2) is 0 Å². The van der Waals surface area contributed by atoms with E-state index < -0.39 is 0 Å². The molecule has 0 aliphatic rings. The molecule has 106 valence electrons. The highest BCUT2D eigenvalue weighted by molar-refractivity contribution is 9.10. The summed E-state index contributed by atoms with van der Waals surface area (Å²) in [6.07, 6.45) is 0.456. The summed E-state index contributed by atoms with van der Waals surface area (Å²) in [4.78, 5) is 0. The number of nitrogens with two attached hydrogens (primary N) is 1. The van der Waals surface area contributed by atoms with E-state index in [1.54, 1.807) is 6.07 Å². The van der Waals surface area contributed by atoms with Crippen molar-refractivity contribution >= 4 is 15.9 Å². The van der Waals surface area contributed by atoms with Crippen LogP contribution < -0.4 is 11.3 Å². The first-order chi connectivity index (χ1) is 9.49. The van der Waals surface area contributed by atoms with E-state index in [1.807, 2.05) is 13.0 Å². The van der Waals surface area contributed by atoms with Gasteiger partial charge in [-0.2, -0.15) is 0 Å². The van der Waals surface area contributed by atoms with Gasteiger partial charge in [-0.15, -0.1) is 0 Å². The van der Waals surface area contributed by atoms with Gasteiger partial charge in [0.15, 0.2) is 0 Å². The smallest absolute Gasteiger partial charge is 0.123 e. The largest absolute Gasteiger partial charge is 0.271 e. The standard InChI is InChI=1S/C15H15BrF2N2/c1-9-4-11(7-13(18)5-9)15(20-19)8-10-6-12(17)2-3-14(10)16/h2-7,15,20H,8,19H2,1H3. The van der Waals surface area contributed by atoms with Crippen molar-refractivity contribution in [1.82, 2.24) is 5.43 Å². The zero-order valence-electron chi connectivity index (χ0n) is 11.0. The lowest BCUT2D eigenvalue weighted by Crippen LogP contribution is -2.29. The van der Waals surface area contributed by atoms with Crippen molar-refractivity contribution in [2.24, 2.45) is 5.84 Å². The molecule has 0 bridgehead atoms. The monoisotopic (exact) mass is 340 g/mol. The maximum atomic E-state index is 13.5. The lowest BCUT2D eigenvalue weighted by Gasteiger charge is -2.18. The van der Waals surface area contributed by atoms with E-state index in [2.05, 4.69) is 21.4 Å². The maximum absolute atomic E-state index is 13.5. The fraction of sp³-hybridized carbons (Fsp3) is 0.200. The van der Waals surface area contributed by atoms with Crippen LogP contribution in [0, 0.1) is 18.6 Å². The van der Waals surface area contributed by atoms with Gasteiger partial charge in [0, 0.05) is 4.47 Å². The summed E-state index contributed by atoms with van der Waals surface area (Å²) < 4.78 is 27.6. The SMILES string of the molecule is Cc1cc(F)cc(C(Cc2cc(F)ccc2Br)NN)c1. The van der Waals surface area contributed by atoms with Crippen molar-refractivity contribution in [1.29, 1.82) is 0 Å². The summed E-state index contributed by atoms with van der Waals surface area (Å²) in [5, 5.41) is 0. The Bertz CT molecular complexity index is 597. The Balaban J connectivity index is 2.30. The van der Waals surface area contributed by atoms with Gasteiger partial charge in [0.05, 0.1) is 6.04 Å². The van der Waals surface area contributed by atoms with Crippen molar-refractivity contribution in [2.45, 2.75) is 19.4 Å². The molecule has 0 radical (unpaired) electrons. The van der Waals surface area contributed by atoms with Crippen LogP contribution in [-0.2, 0) is 6.42 Å². The van der Waals surface area contributed by atoms with Gasteiger partial charge in [0.2, 0.25) is 0 Å². The van der Waals surface area contributed by atoms with Gasteiger partial charge in [-0.3, -0.25) is 11.3 Å². The van der Waals surface area contributed by atoms with Crippen LogP contribution in [0.4, 0.5) is 8.78 Å². The molecule has 0 amide bonds. The minimum atomic E-state index is -0.311. The molecule has 0 saturated carbocycles. The minimum Gasteiger partial charge on any atom is -0.271 e. The lowest BCUT2D eigenvalue weighted by molar-refractivity contribution is 0.540. The van der Waals surface area contributed by atoms with Crippen LogP contribution in [0.25, 0.3) is 0 Å². The molecule has 1 atom stereocenters. The maximum Gasteiger partial charge on any atom is 0.123 e. The van der Waals surface area contributed by atoms with E-state index >= 15 is 0 Å². The third-order valence-electron chi connectivity index (χ3n) is 3.10. The van der Waals surface area contributed by atoms with Gasteiger partial charge in [-0.1, -0.05) is 22.0 Å². The summed E-state index contributed by atoms with van der Waals surface area (Å²) in [5.41, 5.74) is 4.99. The fourth-order valence-electron chi connectivity index (χ4n) is 2.16. The molecule has 5 heteroatoms. The average molecular weight is 341 g/mol. The minimum absolute atomic E-state index is 0.289. The number of rotatable bonds is 4. The molecule has 0 aliphatic carbocycles. The Labute approximate surface area is 125 Å². The van der Waals surface area contributed by atoms with Crippen LogP contribution >= 0.6 is 15.9 Å². The summed E-state index contributed by atoms with van der Waals surface area (Å²) >= 11 is 3.38. The van der Waals surface area contributed by atoms with Gasteiger partial charge in [-0.25, -0.2) is 8.78 Å². The van der Waals surface area contributed by atoms with Crippen LogP contribution in [0.2, 0.25) is 0 Å². The van der Waals surface area contributed by atoms with Crippen molar-refractivity contribution < 1.29 is 8.78 Å². The van der Waals surface area contributed by atoms with E-state index in [0.717, 1.165) is 21.2 Å². The molecular formula is C15H15BrF2N2. The number of benzene rings is 2. The summed E-state index contributed by atoms with van der Waals surface area (Å²) in [7, 11) is 0. The molecule has 3 N–H and O–H groups in total. The van der Waals surface area contributed by atoms with Crippen LogP contribution in [0.15, 0.2) is 40.9 Å². The van der Waals surface area contributed by atoms with Gasteiger partial charge >= 0.3 is 0 Å². The number of hydrogen-bond acceptors (Lipinski definition) is 2. The Morgan fingerprint density at radius 2 is 1.90 bits per heavy atom. The average Bonchev–Trinajstić information content (AvgIpc) is 2.38. The Hall–Kier alpha value is -1.30. The zero-order valence-corrected chi connectivity index (χ0v) is 12.5. The van der Waals surface area contributed by atoms with E-state index in [4.69, 9.17) is 5.84 Å². The van der Waals surface area contributed by atoms with Crippen LogP contribution in [0.5, 0.6) is 0 Å². The highest BCUT2D eigenvalue weighted by Crippen LogP contribution is 2.25. The first-order valence-corrected chi connectivity index (χ1v) is 6.96. The molecule has 2 nitrogen and oxygen atoms in total. The topological polar surface area (TPSA) is 38.0 Å². The number of hydrogen-bond donors (Lipinski definition) is 2. The number of nitrogens with one attached hydrogen (secondary N) is 1. The molecule has 2 aromatic rings. The van der Waals surface area contributed by atoms with Crippen LogP contribution in [0.1, 0.15) is 22.7 Å². The molecule has 0 heterocycles. The number of hydrazine groups is 1. The molecule has 20 heavy (non-hydrogen) atoms. The second kappa shape index (κ2) is 6.43. The summed E-state index contributed by atoms with van der Waals surface area (Å²) in [5.74, 6) is 4.94. The summed E-state index contributed by atoms with van der Waals surface area (Å²) in [6, 6.07) is 8.93. The second-order valence-electron chi connectivity index (χ2n) is 4.72. The van der Waals surface area contributed by atoms with E-state index in [1.165, 1.54) is 24.3 Å². The van der Waals surface area contributed by atoms with Crippen molar-refractivity contribution in [3.05, 3.63) is 69.2 Å². The third-order valence-corrected chi connectivity index (χ3v) is 3.87. The van der Waals surface area contributed by atoms with E-state index in [9.17, 15) is 8.78 Å². The molecule has 0 spiro atoms. The van der Waals surface area contributed by atoms with Crippen LogP contribution in [0.3, 0.4) is 0 Å². The van der Waals surface area contributed by atoms with Crippen molar-refractivity contribution in [3.8, 4) is 0 Å². The molecule has 2 aromatic carbocycles. The van der Waals surface area contributed by atoms with Gasteiger partial charge in [0.1, 0.15) is 11.6 Å². The summed E-state index contributed by atoms with van der Waals surface area (Å²) in [6.45, 7) is 1.82. The molecule has 2 rings (SSSR count). The highest BCUT2D eigenvalue weighted by atomic mass is 79.9. The second-order valence-corrected chi connectivity index (χ2v) is 5.58. The van der Waals surface area contributed by atoms with Gasteiger partial charge in [0.25, 0.3) is 0 Å². The lowest BCUT2D eigenvalue weighted by atomic mass is 9.98. The number of aryl methyl sites for hydroxylation is 1. The molecule has 0 aliphatic heterocycles. The first-order valence-electron chi connectivity index (χ1n) is 6.16. The Morgan fingerprint density at radius 1 is 1.15 bits per heavy atom. The van der Waals surface area contributed by atoms with Gasteiger partial charge < -0.3 is 0 Å². The number of halogens is 3. The molecule has 0 fully saturated rings. The molecule has 1 unspecified atom stereocenters. The predicted octanol–water partition coefficient (Wildman–Crippen LogP) is 3.78. The Morgan fingerprint density at radius 3 is 2.55 bits per heavy atom. The van der Waals surface area contributed by atoms with Crippen molar-refractivity contribution in [2.75, 3.05) is 0 Å². The van der Waals surface area contributed by atoms with E-state index in [0.29, 0.717) is 6.42 Å². The predicted molar refractivity (Wildman–Crippen MR) is 79.0 cm³/mol.